The molecule has 0 amide bonds. The van der Waals surface area contributed by atoms with Crippen molar-refractivity contribution in [1.29, 1.82) is 0 Å². The van der Waals surface area contributed by atoms with Crippen molar-refractivity contribution >= 4 is 5.96 Å². The van der Waals surface area contributed by atoms with Gasteiger partial charge in [0.15, 0.2) is 5.96 Å². The monoisotopic (exact) mass is 385 g/mol. The van der Waals surface area contributed by atoms with Crippen molar-refractivity contribution in [3.8, 4) is 0 Å². The van der Waals surface area contributed by atoms with Gasteiger partial charge in [-0.2, -0.15) is 0 Å². The molecule has 0 saturated carbocycles. The van der Waals surface area contributed by atoms with Crippen LogP contribution in [-0.4, -0.2) is 87.2 Å². The molecular formula is C22H35N5O. The molecule has 154 valence electrons. The van der Waals surface area contributed by atoms with Crippen LogP contribution in [0.4, 0.5) is 0 Å². The van der Waals surface area contributed by atoms with Gasteiger partial charge in [0.25, 0.3) is 0 Å². The first-order valence-electron chi connectivity index (χ1n) is 10.7. The highest BCUT2D eigenvalue weighted by Gasteiger charge is 2.42. The zero-order valence-corrected chi connectivity index (χ0v) is 17.5. The molecule has 4 rings (SSSR count). The van der Waals surface area contributed by atoms with Crippen LogP contribution < -0.4 is 5.32 Å². The van der Waals surface area contributed by atoms with E-state index in [1.54, 1.807) is 0 Å². The fourth-order valence-electron chi connectivity index (χ4n) is 4.63. The number of likely N-dealkylation sites (N-methyl/N-ethyl adjacent to an activating group) is 1. The molecule has 1 N–H and O–H groups in total. The largest absolute Gasteiger partial charge is 0.381 e. The third kappa shape index (κ3) is 4.67. The number of ether oxygens (including phenoxy) is 1. The highest BCUT2D eigenvalue weighted by atomic mass is 16.5. The molecule has 1 aromatic rings. The Balaban J connectivity index is 1.26. The predicted molar refractivity (Wildman–Crippen MR) is 113 cm³/mol. The maximum Gasteiger partial charge on any atom is 0.193 e. The van der Waals surface area contributed by atoms with Crippen molar-refractivity contribution in [1.82, 2.24) is 20.0 Å². The van der Waals surface area contributed by atoms with Crippen molar-refractivity contribution in [2.75, 3.05) is 66.6 Å². The number of nitrogens with zero attached hydrogens (tertiary/aromatic N) is 4. The lowest BCUT2D eigenvalue weighted by molar-refractivity contribution is 0.148. The van der Waals surface area contributed by atoms with E-state index < -0.39 is 0 Å². The van der Waals surface area contributed by atoms with E-state index in [4.69, 9.17) is 4.74 Å². The van der Waals surface area contributed by atoms with E-state index in [1.807, 2.05) is 7.05 Å². The zero-order chi connectivity index (χ0) is 19.4. The maximum absolute atomic E-state index is 5.65. The number of rotatable bonds is 4. The summed E-state index contributed by atoms with van der Waals surface area (Å²) < 4.78 is 5.65. The van der Waals surface area contributed by atoms with Crippen LogP contribution in [0, 0.1) is 5.41 Å². The Morgan fingerprint density at radius 1 is 1.07 bits per heavy atom. The minimum atomic E-state index is 0.364. The smallest absolute Gasteiger partial charge is 0.193 e. The van der Waals surface area contributed by atoms with Gasteiger partial charge in [0.2, 0.25) is 0 Å². The average Bonchev–Trinajstić information content (AvgIpc) is 3.35. The highest BCUT2D eigenvalue weighted by molar-refractivity contribution is 5.80. The summed E-state index contributed by atoms with van der Waals surface area (Å²) in [6.45, 7) is 10.5. The summed E-state index contributed by atoms with van der Waals surface area (Å²) in [5.74, 6) is 1.02. The Hall–Kier alpha value is -1.63. The van der Waals surface area contributed by atoms with Gasteiger partial charge in [0.05, 0.1) is 6.61 Å². The van der Waals surface area contributed by atoms with E-state index in [0.717, 1.165) is 45.4 Å². The summed E-state index contributed by atoms with van der Waals surface area (Å²) in [5.41, 5.74) is 3.07. The van der Waals surface area contributed by atoms with Gasteiger partial charge >= 0.3 is 0 Å². The van der Waals surface area contributed by atoms with Crippen LogP contribution in [0.25, 0.3) is 0 Å². The van der Waals surface area contributed by atoms with E-state index in [2.05, 4.69) is 56.3 Å². The van der Waals surface area contributed by atoms with E-state index in [0.29, 0.717) is 5.41 Å². The fourth-order valence-corrected chi connectivity index (χ4v) is 4.63. The molecule has 0 aromatic heterocycles. The number of aliphatic imine (C=N–C) groups is 1. The second kappa shape index (κ2) is 8.80. The van der Waals surface area contributed by atoms with Crippen LogP contribution in [0.1, 0.15) is 24.0 Å². The Kier molecular flexibility index (Phi) is 6.19. The SMILES string of the molecule is CN=C(NCc1ccc(CN2CCN(C)CC2)cc1)N1CCC2(CCOC2)C1. The minimum Gasteiger partial charge on any atom is -0.381 e. The third-order valence-electron chi connectivity index (χ3n) is 6.61. The summed E-state index contributed by atoms with van der Waals surface area (Å²) >= 11 is 0. The molecule has 3 heterocycles. The first kappa shape index (κ1) is 19.7. The number of hydrogen-bond donors (Lipinski definition) is 1. The standard InChI is InChI=1S/C22H35N5O/c1-23-21(27-9-7-22(17-27)8-14-28-18-22)24-15-19-3-5-20(6-4-19)16-26-12-10-25(2)11-13-26/h3-6H,7-18H2,1-2H3,(H,23,24). The second-order valence-corrected chi connectivity index (χ2v) is 8.77. The summed E-state index contributed by atoms with van der Waals surface area (Å²) in [4.78, 5) is 11.9. The lowest BCUT2D eigenvalue weighted by atomic mass is 9.87. The van der Waals surface area contributed by atoms with E-state index in [-0.39, 0.29) is 0 Å². The molecule has 3 aliphatic heterocycles. The Bertz CT molecular complexity index is 660. The number of hydrogen-bond acceptors (Lipinski definition) is 4. The van der Waals surface area contributed by atoms with Crippen molar-refractivity contribution in [3.63, 3.8) is 0 Å². The zero-order valence-electron chi connectivity index (χ0n) is 17.5. The average molecular weight is 386 g/mol. The highest BCUT2D eigenvalue weighted by Crippen LogP contribution is 2.38. The minimum absolute atomic E-state index is 0.364. The second-order valence-electron chi connectivity index (χ2n) is 8.77. The summed E-state index contributed by atoms with van der Waals surface area (Å²) in [6.07, 6.45) is 2.41. The predicted octanol–water partition coefficient (Wildman–Crippen LogP) is 1.62. The van der Waals surface area contributed by atoms with Crippen LogP contribution in [0.15, 0.2) is 29.3 Å². The number of nitrogens with one attached hydrogen (secondary N) is 1. The molecule has 3 aliphatic rings. The Morgan fingerprint density at radius 3 is 2.50 bits per heavy atom. The molecule has 28 heavy (non-hydrogen) atoms. The molecule has 0 bridgehead atoms. The maximum atomic E-state index is 5.65. The van der Waals surface area contributed by atoms with E-state index >= 15 is 0 Å². The Morgan fingerprint density at radius 2 is 1.82 bits per heavy atom. The molecule has 0 aliphatic carbocycles. The van der Waals surface area contributed by atoms with Gasteiger partial charge in [-0.15, -0.1) is 0 Å². The summed E-state index contributed by atoms with van der Waals surface area (Å²) in [5, 5.41) is 3.56. The lowest BCUT2D eigenvalue weighted by Gasteiger charge is -2.32. The van der Waals surface area contributed by atoms with Crippen LogP contribution in [0.5, 0.6) is 0 Å². The molecule has 0 radical (unpaired) electrons. The quantitative estimate of drug-likeness (QED) is 0.630. The molecule has 1 atom stereocenters. The number of likely N-dealkylation sites (tertiary alicyclic amines) is 1. The molecule has 6 heteroatoms. The molecule has 1 unspecified atom stereocenters. The van der Waals surface area contributed by atoms with Gasteiger partial charge in [0, 0.05) is 71.4 Å². The van der Waals surface area contributed by atoms with Crippen molar-refractivity contribution in [2.24, 2.45) is 10.4 Å². The van der Waals surface area contributed by atoms with Crippen molar-refractivity contribution in [2.45, 2.75) is 25.9 Å². The van der Waals surface area contributed by atoms with Crippen LogP contribution in [0.3, 0.4) is 0 Å². The normalized spacial score (nSPS) is 27.1. The molecular weight excluding hydrogens is 350 g/mol. The van der Waals surface area contributed by atoms with Gasteiger partial charge in [-0.1, -0.05) is 24.3 Å². The lowest BCUT2D eigenvalue weighted by Crippen LogP contribution is -2.43. The van der Waals surface area contributed by atoms with E-state index in [1.165, 1.54) is 50.1 Å². The summed E-state index contributed by atoms with van der Waals surface area (Å²) in [7, 11) is 4.09. The number of benzene rings is 1. The molecule has 3 fully saturated rings. The van der Waals surface area contributed by atoms with Crippen molar-refractivity contribution < 1.29 is 4.74 Å². The molecule has 1 aromatic carbocycles. The van der Waals surface area contributed by atoms with Gasteiger partial charge in [-0.05, 0) is 31.0 Å². The molecule has 1 spiro atoms. The third-order valence-corrected chi connectivity index (χ3v) is 6.61. The van der Waals surface area contributed by atoms with Crippen LogP contribution in [-0.2, 0) is 17.8 Å². The Labute approximate surface area is 169 Å². The van der Waals surface area contributed by atoms with Gasteiger partial charge < -0.3 is 19.9 Å². The van der Waals surface area contributed by atoms with Crippen LogP contribution in [0.2, 0.25) is 0 Å². The van der Waals surface area contributed by atoms with E-state index in [9.17, 15) is 0 Å². The van der Waals surface area contributed by atoms with Gasteiger partial charge in [-0.25, -0.2) is 0 Å². The number of piperazine rings is 1. The first-order chi connectivity index (χ1) is 13.7. The first-order valence-corrected chi connectivity index (χ1v) is 10.7. The molecule has 3 saturated heterocycles. The van der Waals surface area contributed by atoms with Crippen LogP contribution >= 0.6 is 0 Å². The topological polar surface area (TPSA) is 43.3 Å². The summed E-state index contributed by atoms with van der Waals surface area (Å²) in [6, 6.07) is 9.06. The number of guanidine groups is 1. The van der Waals surface area contributed by atoms with Crippen molar-refractivity contribution in [3.05, 3.63) is 35.4 Å². The van der Waals surface area contributed by atoms with Gasteiger partial charge in [-0.3, -0.25) is 9.89 Å². The fraction of sp³-hybridized carbons (Fsp3) is 0.682. The van der Waals surface area contributed by atoms with Gasteiger partial charge in [0.1, 0.15) is 0 Å². The molecule has 6 nitrogen and oxygen atoms in total.